The molecule has 0 saturated carbocycles. The fourth-order valence-electron chi connectivity index (χ4n) is 3.44. The zero-order chi connectivity index (χ0) is 19.4. The average Bonchev–Trinajstić information content (AvgIpc) is 2.70. The van der Waals surface area contributed by atoms with E-state index in [4.69, 9.17) is 9.47 Å². The van der Waals surface area contributed by atoms with Crippen LogP contribution in [-0.2, 0) is 24.2 Å². The van der Waals surface area contributed by atoms with Crippen LogP contribution in [0.2, 0.25) is 0 Å². The molecule has 3 rings (SSSR count). The first-order valence-corrected chi connectivity index (χ1v) is 8.86. The molecule has 6 heteroatoms. The summed E-state index contributed by atoms with van der Waals surface area (Å²) in [5.41, 5.74) is 3.15. The van der Waals surface area contributed by atoms with Crippen molar-refractivity contribution in [3.05, 3.63) is 58.7 Å². The summed E-state index contributed by atoms with van der Waals surface area (Å²) in [6, 6.07) is 10.7. The van der Waals surface area contributed by atoms with Crippen molar-refractivity contribution in [3.63, 3.8) is 0 Å². The second-order valence-corrected chi connectivity index (χ2v) is 6.50. The first-order chi connectivity index (χ1) is 13.0. The number of carbonyl (C=O) groups is 2. The van der Waals surface area contributed by atoms with E-state index in [1.54, 1.807) is 38.5 Å². The molecule has 1 aliphatic heterocycles. The van der Waals surface area contributed by atoms with Gasteiger partial charge in [0.05, 0.1) is 19.8 Å². The monoisotopic (exact) mass is 369 g/mol. The third-order valence-corrected chi connectivity index (χ3v) is 4.93. The Kier molecular flexibility index (Phi) is 5.64. The van der Waals surface area contributed by atoms with Crippen molar-refractivity contribution in [1.29, 1.82) is 0 Å². The Morgan fingerprint density at radius 2 is 1.74 bits per heavy atom. The maximum absolute atomic E-state index is 12.7. The Bertz CT molecular complexity index is 862. The number of ether oxygens (including phenoxy) is 2. The zero-order valence-corrected chi connectivity index (χ0v) is 15.5. The highest BCUT2D eigenvalue weighted by molar-refractivity contribution is 5.89. The molecule has 0 aromatic heterocycles. The minimum absolute atomic E-state index is 0.0237. The molecule has 27 heavy (non-hydrogen) atoms. The van der Waals surface area contributed by atoms with Gasteiger partial charge in [-0.05, 0) is 47.7 Å². The lowest BCUT2D eigenvalue weighted by atomic mass is 9.97. The van der Waals surface area contributed by atoms with Crippen molar-refractivity contribution in [1.82, 2.24) is 4.90 Å². The summed E-state index contributed by atoms with van der Waals surface area (Å²) in [7, 11) is 3.20. The lowest BCUT2D eigenvalue weighted by molar-refractivity contribution is -0.132. The van der Waals surface area contributed by atoms with Crippen LogP contribution in [-0.4, -0.2) is 42.6 Å². The second-order valence-electron chi connectivity index (χ2n) is 6.50. The van der Waals surface area contributed by atoms with Crippen LogP contribution < -0.4 is 9.47 Å². The van der Waals surface area contributed by atoms with Crippen LogP contribution in [0.25, 0.3) is 0 Å². The molecule has 2 aromatic carbocycles. The number of nitrogens with zero attached hydrogens (tertiary/aromatic N) is 1. The number of carbonyl (C=O) groups excluding carboxylic acids is 1. The van der Waals surface area contributed by atoms with E-state index >= 15 is 0 Å². The summed E-state index contributed by atoms with van der Waals surface area (Å²) in [5.74, 6) is 0.406. The van der Waals surface area contributed by atoms with Crippen LogP contribution >= 0.6 is 0 Å². The van der Waals surface area contributed by atoms with E-state index in [1.807, 2.05) is 17.0 Å². The second kappa shape index (κ2) is 8.12. The van der Waals surface area contributed by atoms with E-state index in [-0.39, 0.29) is 17.9 Å². The van der Waals surface area contributed by atoms with Crippen molar-refractivity contribution >= 4 is 11.9 Å². The van der Waals surface area contributed by atoms with Gasteiger partial charge in [0.1, 0.15) is 0 Å². The van der Waals surface area contributed by atoms with Gasteiger partial charge in [0.25, 0.3) is 0 Å². The number of fused-ring (bicyclic) bond motifs is 1. The number of aromatic carboxylic acids is 1. The molecule has 0 unspecified atom stereocenters. The average molecular weight is 369 g/mol. The van der Waals surface area contributed by atoms with Gasteiger partial charge in [0, 0.05) is 19.5 Å². The summed E-state index contributed by atoms with van der Waals surface area (Å²) >= 11 is 0. The van der Waals surface area contributed by atoms with E-state index < -0.39 is 5.97 Å². The molecular weight excluding hydrogens is 346 g/mol. The van der Waals surface area contributed by atoms with Gasteiger partial charge in [-0.3, -0.25) is 4.79 Å². The molecule has 2 aromatic rings. The van der Waals surface area contributed by atoms with Crippen LogP contribution in [0.3, 0.4) is 0 Å². The third-order valence-electron chi connectivity index (χ3n) is 4.93. The Morgan fingerprint density at radius 3 is 2.41 bits per heavy atom. The molecule has 0 saturated heterocycles. The molecule has 142 valence electrons. The fourth-order valence-corrected chi connectivity index (χ4v) is 3.44. The lowest BCUT2D eigenvalue weighted by Crippen LogP contribution is -2.36. The highest BCUT2D eigenvalue weighted by Crippen LogP contribution is 2.33. The van der Waals surface area contributed by atoms with Crippen LogP contribution in [0.4, 0.5) is 0 Å². The molecule has 1 heterocycles. The first-order valence-electron chi connectivity index (χ1n) is 8.86. The van der Waals surface area contributed by atoms with E-state index in [2.05, 4.69) is 0 Å². The maximum atomic E-state index is 12.7. The van der Waals surface area contributed by atoms with Gasteiger partial charge in [-0.2, -0.15) is 0 Å². The number of benzene rings is 2. The van der Waals surface area contributed by atoms with Crippen molar-refractivity contribution in [3.8, 4) is 11.5 Å². The molecule has 0 bridgehead atoms. The van der Waals surface area contributed by atoms with Crippen molar-refractivity contribution < 1.29 is 24.2 Å². The number of carboxylic acids is 1. The largest absolute Gasteiger partial charge is 0.493 e. The molecule has 6 nitrogen and oxygen atoms in total. The first kappa shape index (κ1) is 18.8. The molecule has 1 N–H and O–H groups in total. The van der Waals surface area contributed by atoms with E-state index in [0.29, 0.717) is 36.6 Å². The van der Waals surface area contributed by atoms with Crippen LogP contribution in [0, 0.1) is 0 Å². The Balaban J connectivity index is 1.69. The molecule has 0 aliphatic carbocycles. The summed E-state index contributed by atoms with van der Waals surface area (Å²) < 4.78 is 10.7. The highest BCUT2D eigenvalue weighted by atomic mass is 16.5. The summed E-state index contributed by atoms with van der Waals surface area (Å²) in [4.78, 5) is 25.8. The van der Waals surface area contributed by atoms with E-state index in [1.165, 1.54) is 0 Å². The summed E-state index contributed by atoms with van der Waals surface area (Å²) in [6.45, 7) is 1.16. The normalized spacial score (nSPS) is 13.0. The maximum Gasteiger partial charge on any atom is 0.335 e. The molecule has 0 spiro atoms. The van der Waals surface area contributed by atoms with Gasteiger partial charge in [0.2, 0.25) is 5.91 Å². The third kappa shape index (κ3) is 4.05. The van der Waals surface area contributed by atoms with Crippen LogP contribution in [0.15, 0.2) is 36.4 Å². The van der Waals surface area contributed by atoms with Crippen molar-refractivity contribution in [2.24, 2.45) is 0 Å². The summed E-state index contributed by atoms with van der Waals surface area (Å²) in [5, 5.41) is 9.26. The molecule has 1 aliphatic rings. The zero-order valence-electron chi connectivity index (χ0n) is 15.5. The predicted octanol–water partition coefficient (Wildman–Crippen LogP) is 2.92. The fraction of sp³-hybridized carbons (Fsp3) is 0.333. The molecule has 0 atom stereocenters. The van der Waals surface area contributed by atoms with Gasteiger partial charge < -0.3 is 19.5 Å². The smallest absolute Gasteiger partial charge is 0.335 e. The van der Waals surface area contributed by atoms with Gasteiger partial charge in [0.15, 0.2) is 11.5 Å². The number of rotatable bonds is 6. The number of amides is 1. The van der Waals surface area contributed by atoms with E-state index in [0.717, 1.165) is 17.5 Å². The Labute approximate surface area is 158 Å². The predicted molar refractivity (Wildman–Crippen MR) is 100 cm³/mol. The van der Waals surface area contributed by atoms with Gasteiger partial charge in [-0.1, -0.05) is 18.2 Å². The van der Waals surface area contributed by atoms with Crippen LogP contribution in [0.1, 0.15) is 33.5 Å². The SMILES string of the molecule is COc1cc2c(cc1OC)CN(C(=O)CCc1ccccc1C(=O)O)CC2. The number of hydrogen-bond acceptors (Lipinski definition) is 4. The van der Waals surface area contributed by atoms with E-state index in [9.17, 15) is 14.7 Å². The topological polar surface area (TPSA) is 76.1 Å². The Morgan fingerprint density at radius 1 is 1.07 bits per heavy atom. The summed E-state index contributed by atoms with van der Waals surface area (Å²) in [6.07, 6.45) is 1.46. The number of hydrogen-bond donors (Lipinski definition) is 1. The number of aryl methyl sites for hydroxylation is 1. The van der Waals surface area contributed by atoms with Gasteiger partial charge >= 0.3 is 5.97 Å². The minimum atomic E-state index is -0.967. The molecule has 1 amide bonds. The number of carboxylic acid groups (broad SMARTS) is 1. The quantitative estimate of drug-likeness (QED) is 0.847. The highest BCUT2D eigenvalue weighted by Gasteiger charge is 2.23. The molecule has 0 radical (unpaired) electrons. The Hall–Kier alpha value is -3.02. The number of methoxy groups -OCH3 is 2. The van der Waals surface area contributed by atoms with Crippen molar-refractivity contribution in [2.75, 3.05) is 20.8 Å². The van der Waals surface area contributed by atoms with Gasteiger partial charge in [-0.15, -0.1) is 0 Å². The van der Waals surface area contributed by atoms with Crippen molar-refractivity contribution in [2.45, 2.75) is 25.8 Å². The molecular formula is C21H23NO5. The standard InChI is InChI=1S/C21H23NO5/c1-26-18-11-15-9-10-22(13-16(15)12-19(18)27-2)20(23)8-7-14-5-3-4-6-17(14)21(24)25/h3-6,11-12H,7-10,13H2,1-2H3,(H,24,25). The molecule has 0 fully saturated rings. The lowest BCUT2D eigenvalue weighted by Gasteiger charge is -2.29. The minimum Gasteiger partial charge on any atom is -0.493 e. The van der Waals surface area contributed by atoms with Gasteiger partial charge in [-0.25, -0.2) is 4.79 Å². The van der Waals surface area contributed by atoms with Crippen LogP contribution in [0.5, 0.6) is 11.5 Å².